The molecule has 0 saturated carbocycles. The van der Waals surface area contributed by atoms with E-state index in [0.29, 0.717) is 19.5 Å². The van der Waals surface area contributed by atoms with Gasteiger partial charge in [0.15, 0.2) is 0 Å². The van der Waals surface area contributed by atoms with Gasteiger partial charge in [-0.3, -0.25) is 0 Å². The van der Waals surface area contributed by atoms with Crippen LogP contribution in [-0.4, -0.2) is 48.2 Å². The molecule has 4 heteroatoms. The van der Waals surface area contributed by atoms with Gasteiger partial charge in [-0.25, -0.2) is 4.39 Å². The molecule has 1 aliphatic rings. The maximum absolute atomic E-state index is 14.0. The van der Waals surface area contributed by atoms with Gasteiger partial charge in [-0.1, -0.05) is 27.0 Å². The highest BCUT2D eigenvalue weighted by Gasteiger charge is 2.31. The summed E-state index contributed by atoms with van der Waals surface area (Å²) in [6.07, 6.45) is 1.72. The minimum Gasteiger partial charge on any atom is -0.370 e. The molecule has 2 N–H and O–H groups in total. The molecule has 0 unspecified atom stereocenters. The number of nitrogens with two attached hydrogens (primary N) is 1. The maximum atomic E-state index is 14.0. The fourth-order valence-corrected chi connectivity index (χ4v) is 2.67. The molecule has 0 amide bonds. The first-order valence-corrected chi connectivity index (χ1v) is 7.24. The molecular weight excluding hydrogens is 241 g/mol. The summed E-state index contributed by atoms with van der Waals surface area (Å²) >= 11 is 0. The van der Waals surface area contributed by atoms with Gasteiger partial charge in [-0.15, -0.1) is 0 Å². The van der Waals surface area contributed by atoms with Gasteiger partial charge in [0.1, 0.15) is 6.17 Å². The normalized spacial score (nSPS) is 23.3. The van der Waals surface area contributed by atoms with E-state index in [1.54, 1.807) is 0 Å². The lowest BCUT2D eigenvalue weighted by atomic mass is 10.0. The van der Waals surface area contributed by atoms with Crippen LogP contribution in [0.15, 0.2) is 24.6 Å². The Morgan fingerprint density at radius 3 is 2.58 bits per heavy atom. The van der Waals surface area contributed by atoms with E-state index in [0.717, 1.165) is 37.3 Å². The van der Waals surface area contributed by atoms with E-state index >= 15 is 0 Å². The Hall–Kier alpha value is -1.03. The number of hydrogen-bond acceptors (Lipinski definition) is 3. The largest absolute Gasteiger partial charge is 0.370 e. The van der Waals surface area contributed by atoms with Crippen LogP contribution in [0.25, 0.3) is 0 Å². The van der Waals surface area contributed by atoms with Gasteiger partial charge in [0, 0.05) is 50.0 Å². The predicted molar refractivity (Wildman–Crippen MR) is 79.5 cm³/mol. The average molecular weight is 269 g/mol. The van der Waals surface area contributed by atoms with Gasteiger partial charge >= 0.3 is 0 Å². The Bertz CT molecular complexity index is 317. The molecule has 2 atom stereocenters. The molecule has 1 heterocycles. The summed E-state index contributed by atoms with van der Waals surface area (Å²) in [6.45, 7) is 14.8. The minimum atomic E-state index is -0.814. The summed E-state index contributed by atoms with van der Waals surface area (Å²) in [6, 6.07) is 0.180. The molecule has 0 aromatic carbocycles. The van der Waals surface area contributed by atoms with E-state index in [1.165, 1.54) is 0 Å². The highest BCUT2D eigenvalue weighted by atomic mass is 19.1. The summed E-state index contributed by atoms with van der Waals surface area (Å²) in [5.41, 5.74) is 7.54. The number of nitrogens with zero attached hydrogens (tertiary/aromatic N) is 2. The van der Waals surface area contributed by atoms with E-state index in [1.807, 2.05) is 4.90 Å². The number of halogens is 1. The summed E-state index contributed by atoms with van der Waals surface area (Å²) in [7, 11) is 0. The van der Waals surface area contributed by atoms with Crippen LogP contribution in [0, 0.1) is 0 Å². The van der Waals surface area contributed by atoms with Gasteiger partial charge in [0.05, 0.1) is 0 Å². The first-order valence-electron chi connectivity index (χ1n) is 7.24. The van der Waals surface area contributed by atoms with Crippen molar-refractivity contribution in [3.63, 3.8) is 0 Å². The summed E-state index contributed by atoms with van der Waals surface area (Å²) in [4.78, 5) is 4.26. The van der Waals surface area contributed by atoms with Crippen molar-refractivity contribution >= 4 is 0 Å². The van der Waals surface area contributed by atoms with E-state index < -0.39 is 6.17 Å². The quantitative estimate of drug-likeness (QED) is 0.771. The van der Waals surface area contributed by atoms with Gasteiger partial charge in [-0.05, 0) is 12.8 Å². The smallest absolute Gasteiger partial charge is 0.120 e. The van der Waals surface area contributed by atoms with Crippen molar-refractivity contribution in [1.29, 1.82) is 0 Å². The third-order valence-electron chi connectivity index (χ3n) is 3.78. The van der Waals surface area contributed by atoms with Crippen LogP contribution in [-0.2, 0) is 0 Å². The molecule has 19 heavy (non-hydrogen) atoms. The molecular formula is C15H28FN3. The summed E-state index contributed by atoms with van der Waals surface area (Å²) < 4.78 is 14.0. The second-order valence-corrected chi connectivity index (χ2v) is 5.28. The fourth-order valence-electron chi connectivity index (χ4n) is 2.67. The molecule has 3 nitrogen and oxygen atoms in total. The van der Waals surface area contributed by atoms with Crippen molar-refractivity contribution in [1.82, 2.24) is 9.80 Å². The van der Waals surface area contributed by atoms with E-state index in [9.17, 15) is 4.39 Å². The van der Waals surface area contributed by atoms with Crippen molar-refractivity contribution in [3.05, 3.63) is 24.6 Å². The molecule has 110 valence electrons. The Kier molecular flexibility index (Phi) is 6.35. The lowest BCUT2D eigenvalue weighted by molar-refractivity contribution is 0.0830. The molecule has 1 fully saturated rings. The van der Waals surface area contributed by atoms with Gasteiger partial charge < -0.3 is 15.5 Å². The Morgan fingerprint density at radius 1 is 1.37 bits per heavy atom. The molecule has 0 aromatic heterocycles. The predicted octanol–water partition coefficient (Wildman–Crippen LogP) is 2.51. The van der Waals surface area contributed by atoms with Crippen LogP contribution in [0.4, 0.5) is 4.39 Å². The molecule has 0 aliphatic carbocycles. The monoisotopic (exact) mass is 269 g/mol. The Morgan fingerprint density at radius 2 is 2.05 bits per heavy atom. The summed E-state index contributed by atoms with van der Waals surface area (Å²) in [5.74, 6) is 0. The van der Waals surface area contributed by atoms with Crippen LogP contribution >= 0.6 is 0 Å². The van der Waals surface area contributed by atoms with Crippen molar-refractivity contribution < 1.29 is 4.39 Å². The average Bonchev–Trinajstić information content (AvgIpc) is 2.42. The first kappa shape index (κ1) is 16.0. The minimum absolute atomic E-state index is 0.180. The maximum Gasteiger partial charge on any atom is 0.120 e. The molecule has 1 rings (SSSR count). The van der Waals surface area contributed by atoms with E-state index in [2.05, 4.69) is 31.9 Å². The first-order chi connectivity index (χ1) is 9.03. The number of likely N-dealkylation sites (tertiary alicyclic amines) is 1. The van der Waals surface area contributed by atoms with Crippen molar-refractivity contribution in [3.8, 4) is 0 Å². The van der Waals surface area contributed by atoms with E-state index in [4.69, 9.17) is 5.73 Å². The third-order valence-corrected chi connectivity index (χ3v) is 3.78. The van der Waals surface area contributed by atoms with Gasteiger partial charge in [0.2, 0.25) is 0 Å². The SMILES string of the molecule is C=C(CN)N1C[C@@H](F)C[C@@H](N(CCC)C(=C)CC)C1. The highest BCUT2D eigenvalue weighted by molar-refractivity contribution is 5.04. The molecule has 0 radical (unpaired) electrons. The standard InChI is InChI=1S/C15H28FN3/c1-5-7-19(12(3)6-2)15-8-14(16)10-18(11-15)13(4)9-17/h14-15H,3-11,17H2,1-2H3/t14-,15+/m0/s1. The number of piperidine rings is 1. The number of alkyl halides is 1. The van der Waals surface area contributed by atoms with Crippen LogP contribution < -0.4 is 5.73 Å². The second kappa shape index (κ2) is 7.53. The Labute approximate surface area is 116 Å². The van der Waals surface area contributed by atoms with Crippen LogP contribution in [0.3, 0.4) is 0 Å². The highest BCUT2D eigenvalue weighted by Crippen LogP contribution is 2.24. The van der Waals surface area contributed by atoms with Crippen molar-refractivity contribution in [2.24, 2.45) is 5.73 Å². The second-order valence-electron chi connectivity index (χ2n) is 5.28. The van der Waals surface area contributed by atoms with E-state index in [-0.39, 0.29) is 6.04 Å². The fraction of sp³-hybridized carbons (Fsp3) is 0.733. The van der Waals surface area contributed by atoms with Crippen LogP contribution in [0.1, 0.15) is 33.1 Å². The molecule has 0 spiro atoms. The molecule has 1 aliphatic heterocycles. The van der Waals surface area contributed by atoms with Gasteiger partial charge in [0.25, 0.3) is 0 Å². The summed E-state index contributed by atoms with van der Waals surface area (Å²) in [5, 5.41) is 0. The molecule has 1 saturated heterocycles. The zero-order valence-corrected chi connectivity index (χ0v) is 12.4. The van der Waals surface area contributed by atoms with Crippen LogP contribution in [0.5, 0.6) is 0 Å². The zero-order chi connectivity index (χ0) is 14.4. The Balaban J connectivity index is 2.78. The number of hydrogen-bond donors (Lipinski definition) is 1. The third kappa shape index (κ3) is 4.23. The molecule has 0 bridgehead atoms. The van der Waals surface area contributed by atoms with Gasteiger partial charge in [-0.2, -0.15) is 0 Å². The number of allylic oxidation sites excluding steroid dienone is 1. The van der Waals surface area contributed by atoms with Crippen LogP contribution in [0.2, 0.25) is 0 Å². The number of rotatable bonds is 7. The molecule has 0 aromatic rings. The zero-order valence-electron chi connectivity index (χ0n) is 12.4. The lowest BCUT2D eigenvalue weighted by Crippen LogP contribution is -2.51. The van der Waals surface area contributed by atoms with Crippen molar-refractivity contribution in [2.45, 2.75) is 45.3 Å². The lowest BCUT2D eigenvalue weighted by Gasteiger charge is -2.43. The topological polar surface area (TPSA) is 32.5 Å². The van der Waals surface area contributed by atoms with Crippen molar-refractivity contribution in [2.75, 3.05) is 26.2 Å².